The second kappa shape index (κ2) is 14.7. The van der Waals surface area contributed by atoms with Gasteiger partial charge < -0.3 is 10.2 Å². The van der Waals surface area contributed by atoms with Gasteiger partial charge in [0.05, 0.1) is 11.9 Å². The van der Waals surface area contributed by atoms with Gasteiger partial charge in [-0.1, -0.05) is 85.5 Å². The van der Waals surface area contributed by atoms with Gasteiger partial charge >= 0.3 is 0 Å². The molecule has 4 bridgehead atoms. The van der Waals surface area contributed by atoms with Gasteiger partial charge in [0.2, 0.25) is 21.8 Å². The van der Waals surface area contributed by atoms with Gasteiger partial charge in [0.1, 0.15) is 12.6 Å². The molecule has 5 aliphatic rings. The molecule has 1 atom stereocenters. The van der Waals surface area contributed by atoms with Crippen LogP contribution in [0.3, 0.4) is 0 Å². The molecule has 0 unspecified atom stereocenters. The molecule has 3 aromatic carbocycles. The van der Waals surface area contributed by atoms with E-state index in [1.54, 1.807) is 17.0 Å². The Bertz CT molecular complexity index is 1720. The van der Waals surface area contributed by atoms with Crippen LogP contribution in [0.2, 0.25) is 5.02 Å². The van der Waals surface area contributed by atoms with Crippen LogP contribution in [0.25, 0.3) is 0 Å². The fourth-order valence-corrected chi connectivity index (χ4v) is 10.9. The van der Waals surface area contributed by atoms with E-state index in [1.807, 2.05) is 54.6 Å². The Balaban J connectivity index is 1.18. The number of nitrogens with one attached hydrogen (secondary N) is 1. The molecule has 0 radical (unpaired) electrons. The Morgan fingerprint density at radius 1 is 0.820 bits per heavy atom. The summed E-state index contributed by atoms with van der Waals surface area (Å²) in [4.78, 5) is 30.4. The van der Waals surface area contributed by atoms with E-state index in [-0.39, 0.29) is 23.9 Å². The van der Waals surface area contributed by atoms with Crippen LogP contribution in [0.5, 0.6) is 0 Å². The first-order valence-corrected chi connectivity index (χ1v) is 20.7. The average molecular weight is 716 g/mol. The van der Waals surface area contributed by atoms with Crippen molar-refractivity contribution in [3.05, 3.63) is 101 Å². The molecule has 5 aliphatic carbocycles. The Morgan fingerprint density at radius 3 is 2.00 bits per heavy atom. The minimum absolute atomic E-state index is 0.0574. The van der Waals surface area contributed by atoms with Crippen molar-refractivity contribution in [1.29, 1.82) is 0 Å². The third-order valence-electron chi connectivity index (χ3n) is 12.0. The summed E-state index contributed by atoms with van der Waals surface area (Å²) in [5.74, 6) is 1.76. The number of carbonyl (C=O) groups excluding carboxylic acids is 2. The zero-order valence-corrected chi connectivity index (χ0v) is 30.7. The summed E-state index contributed by atoms with van der Waals surface area (Å²) in [5, 5.41) is 3.83. The minimum Gasteiger partial charge on any atom is -0.352 e. The number of amides is 2. The first-order valence-electron chi connectivity index (χ1n) is 18.5. The highest BCUT2D eigenvalue weighted by molar-refractivity contribution is 7.92. The van der Waals surface area contributed by atoms with Crippen LogP contribution < -0.4 is 9.62 Å². The van der Waals surface area contributed by atoms with E-state index >= 15 is 0 Å². The summed E-state index contributed by atoms with van der Waals surface area (Å²) in [6.07, 6.45) is 14.3. The number of nitrogens with zero attached hydrogens (tertiary/aromatic N) is 2. The lowest BCUT2D eigenvalue weighted by atomic mass is 9.48. The highest BCUT2D eigenvalue weighted by atomic mass is 35.5. The SMILES string of the molecule is CS(=O)(=O)N(CC(=O)N(Cc1ccc(Cl)cc1)[C@H](Cc1ccccc1)C(=O)NC1CCCCC1)c1ccc(C23CC4CC(CC(C4)C2)C3)cc1. The van der Waals surface area contributed by atoms with E-state index in [2.05, 4.69) is 17.4 Å². The summed E-state index contributed by atoms with van der Waals surface area (Å²) in [6.45, 7) is -0.278. The third-order valence-corrected chi connectivity index (χ3v) is 13.4. The summed E-state index contributed by atoms with van der Waals surface area (Å²) in [7, 11) is -3.84. The van der Waals surface area contributed by atoms with E-state index in [0.29, 0.717) is 17.1 Å². The molecular weight excluding hydrogens is 666 g/mol. The molecule has 0 aliphatic heterocycles. The summed E-state index contributed by atoms with van der Waals surface area (Å²) >= 11 is 6.21. The predicted octanol–water partition coefficient (Wildman–Crippen LogP) is 7.66. The molecule has 8 rings (SSSR count). The first-order chi connectivity index (χ1) is 24.0. The van der Waals surface area contributed by atoms with Gasteiger partial charge in [-0.3, -0.25) is 13.9 Å². The normalized spacial score (nSPS) is 25.2. The molecule has 50 heavy (non-hydrogen) atoms. The number of rotatable bonds is 12. The number of hydrogen-bond donors (Lipinski definition) is 1. The van der Waals surface area contributed by atoms with Crippen molar-refractivity contribution in [3.8, 4) is 0 Å². The van der Waals surface area contributed by atoms with Crippen molar-refractivity contribution in [2.24, 2.45) is 17.8 Å². The number of carbonyl (C=O) groups is 2. The van der Waals surface area contributed by atoms with Crippen molar-refractivity contribution in [2.45, 2.75) is 101 Å². The molecule has 5 fully saturated rings. The monoisotopic (exact) mass is 715 g/mol. The lowest BCUT2D eigenvalue weighted by Gasteiger charge is -2.57. The summed E-state index contributed by atoms with van der Waals surface area (Å²) in [6, 6.07) is 24.1. The zero-order chi connectivity index (χ0) is 34.9. The molecule has 3 aromatic rings. The highest BCUT2D eigenvalue weighted by Gasteiger charge is 2.51. The Hall–Kier alpha value is -3.36. The molecule has 266 valence electrons. The van der Waals surface area contributed by atoms with Gasteiger partial charge in [0, 0.05) is 24.0 Å². The molecule has 2 amide bonds. The van der Waals surface area contributed by atoms with Crippen LogP contribution in [0.1, 0.15) is 87.3 Å². The molecule has 0 saturated heterocycles. The summed E-state index contributed by atoms with van der Waals surface area (Å²) in [5.41, 5.74) is 3.67. The molecule has 1 N–H and O–H groups in total. The smallest absolute Gasteiger partial charge is 0.244 e. The third kappa shape index (κ3) is 7.91. The van der Waals surface area contributed by atoms with Crippen LogP contribution >= 0.6 is 11.6 Å². The van der Waals surface area contributed by atoms with Crippen molar-refractivity contribution in [3.63, 3.8) is 0 Å². The van der Waals surface area contributed by atoms with E-state index in [4.69, 9.17) is 11.6 Å². The summed E-state index contributed by atoms with van der Waals surface area (Å²) < 4.78 is 28.0. The molecule has 0 spiro atoms. The second-order valence-electron chi connectivity index (χ2n) is 15.7. The van der Waals surface area contributed by atoms with Crippen molar-refractivity contribution in [2.75, 3.05) is 17.1 Å². The highest BCUT2D eigenvalue weighted by Crippen LogP contribution is 2.60. The number of benzene rings is 3. The van der Waals surface area contributed by atoms with E-state index in [0.717, 1.165) is 67.2 Å². The van der Waals surface area contributed by atoms with E-state index in [9.17, 15) is 18.0 Å². The quantitative estimate of drug-likeness (QED) is 0.209. The maximum Gasteiger partial charge on any atom is 0.244 e. The van der Waals surface area contributed by atoms with Crippen LogP contribution in [-0.2, 0) is 38.0 Å². The fraction of sp³-hybridized carbons (Fsp3) is 0.512. The molecule has 0 heterocycles. The number of halogens is 1. The van der Waals surface area contributed by atoms with Gasteiger partial charge in [0.15, 0.2) is 0 Å². The molecule has 0 aromatic heterocycles. The zero-order valence-electron chi connectivity index (χ0n) is 29.1. The number of hydrogen-bond acceptors (Lipinski definition) is 4. The molecule has 7 nitrogen and oxygen atoms in total. The van der Waals surface area contributed by atoms with Crippen molar-refractivity contribution < 1.29 is 18.0 Å². The Labute approximate surface area is 302 Å². The van der Waals surface area contributed by atoms with E-state index in [1.165, 1.54) is 48.4 Å². The lowest BCUT2D eigenvalue weighted by molar-refractivity contribution is -0.140. The standard InChI is InChI=1S/C41H50ClN3O4S/c1-50(48,49)45(37-18-14-34(15-19-37)41-24-31-20-32(25-41)22-33(21-31)26-41)28-39(46)44(27-30-12-16-35(42)17-13-30)38(23-29-8-4-2-5-9-29)40(47)43-36-10-6-3-7-11-36/h2,4-5,8-9,12-19,31-33,36,38H,3,6-7,10-11,20-28H2,1H3,(H,43,47)/t31?,32?,33?,38-,41?/m1/s1. The van der Waals surface area contributed by atoms with Crippen molar-refractivity contribution in [1.82, 2.24) is 10.2 Å². The van der Waals surface area contributed by atoms with Crippen LogP contribution in [0.15, 0.2) is 78.9 Å². The number of anilines is 1. The van der Waals surface area contributed by atoms with Crippen molar-refractivity contribution >= 4 is 39.1 Å². The Kier molecular flexibility index (Phi) is 10.3. The van der Waals surface area contributed by atoms with Gasteiger partial charge in [0.25, 0.3) is 0 Å². The van der Waals surface area contributed by atoms with Gasteiger partial charge in [-0.15, -0.1) is 0 Å². The van der Waals surface area contributed by atoms with Gasteiger partial charge in [-0.25, -0.2) is 8.42 Å². The van der Waals surface area contributed by atoms with Gasteiger partial charge in [-0.2, -0.15) is 0 Å². The van der Waals surface area contributed by atoms with Crippen LogP contribution in [-0.4, -0.2) is 50.0 Å². The lowest BCUT2D eigenvalue weighted by Crippen LogP contribution is -2.55. The molecular formula is C41H50ClN3O4S. The second-order valence-corrected chi connectivity index (χ2v) is 18.1. The van der Waals surface area contributed by atoms with Gasteiger partial charge in [-0.05, 0) is 115 Å². The van der Waals surface area contributed by atoms with Crippen LogP contribution in [0.4, 0.5) is 5.69 Å². The Morgan fingerprint density at radius 2 is 1.42 bits per heavy atom. The fourth-order valence-electron chi connectivity index (χ4n) is 9.94. The average Bonchev–Trinajstić information content (AvgIpc) is 3.09. The first kappa shape index (κ1) is 35.1. The molecule has 5 saturated carbocycles. The largest absolute Gasteiger partial charge is 0.352 e. The molecule has 9 heteroatoms. The van der Waals surface area contributed by atoms with E-state index < -0.39 is 28.5 Å². The topological polar surface area (TPSA) is 86.8 Å². The number of sulfonamides is 1. The maximum absolute atomic E-state index is 14.6. The van der Waals surface area contributed by atoms with Crippen LogP contribution in [0, 0.1) is 17.8 Å². The predicted molar refractivity (Wildman–Crippen MR) is 199 cm³/mol. The maximum atomic E-state index is 14.6. The minimum atomic E-state index is -3.84.